The molecule has 5 rings (SSSR count). The topological polar surface area (TPSA) is 105 Å². The maximum absolute atomic E-state index is 13.1. The summed E-state index contributed by atoms with van der Waals surface area (Å²) in [6.07, 6.45) is 0.531. The Balaban J connectivity index is 1.34. The molecule has 3 aliphatic heterocycles. The molecule has 0 aromatic heterocycles. The Labute approximate surface area is 218 Å². The first-order valence-electron chi connectivity index (χ1n) is 12.6. The van der Waals surface area contributed by atoms with E-state index in [1.165, 1.54) is 4.90 Å². The van der Waals surface area contributed by atoms with Crippen molar-refractivity contribution in [3.63, 3.8) is 0 Å². The number of piperidine rings is 1. The molecule has 1 N–H and O–H groups in total. The molecular weight excluding hydrogens is 471 g/mol. The fraction of sp³-hybridized carbons (Fsp3) is 0.360. The molecular formula is C25H28B3N3O6. The molecule has 2 aromatic rings. The van der Waals surface area contributed by atoms with Crippen LogP contribution in [0.2, 0.25) is 0 Å². The summed E-state index contributed by atoms with van der Waals surface area (Å²) < 4.78 is 11.7. The van der Waals surface area contributed by atoms with Crippen molar-refractivity contribution in [3.8, 4) is 5.75 Å². The van der Waals surface area contributed by atoms with Crippen LogP contribution in [0.3, 0.4) is 0 Å². The van der Waals surface area contributed by atoms with E-state index in [0.717, 1.165) is 27.6 Å². The van der Waals surface area contributed by atoms with E-state index >= 15 is 0 Å². The molecule has 3 aliphatic rings. The van der Waals surface area contributed by atoms with Gasteiger partial charge in [-0.2, -0.15) is 0 Å². The van der Waals surface area contributed by atoms with E-state index in [0.29, 0.717) is 37.4 Å². The second-order valence-electron chi connectivity index (χ2n) is 9.95. The minimum absolute atomic E-state index is 0.00108. The van der Waals surface area contributed by atoms with E-state index in [9.17, 15) is 19.2 Å². The van der Waals surface area contributed by atoms with Crippen LogP contribution < -0.4 is 21.0 Å². The summed E-state index contributed by atoms with van der Waals surface area (Å²) in [5, 5.41) is 2.34. The van der Waals surface area contributed by atoms with E-state index in [1.807, 2.05) is 34.5 Å². The van der Waals surface area contributed by atoms with Gasteiger partial charge < -0.3 is 19.3 Å². The molecule has 0 spiro atoms. The van der Waals surface area contributed by atoms with Gasteiger partial charge in [-0.3, -0.25) is 24.5 Å². The van der Waals surface area contributed by atoms with Gasteiger partial charge in [-0.15, -0.1) is 0 Å². The number of carbonyl (C=O) groups excluding carboxylic acids is 4. The lowest BCUT2D eigenvalue weighted by atomic mass is 9.73. The third kappa shape index (κ3) is 4.90. The molecule has 2 unspecified atom stereocenters. The SMILES string of the molecule is Bc1cc(CN2CCOCC2=O)cc(B)c1C(B)Oc1cccc2c1CN(C1CCC(=O)NC1=O)C2=O. The van der Waals surface area contributed by atoms with Gasteiger partial charge in [0, 0.05) is 30.6 Å². The lowest BCUT2D eigenvalue weighted by Gasteiger charge is -2.29. The molecule has 12 heteroatoms. The summed E-state index contributed by atoms with van der Waals surface area (Å²) in [5.74, 6) is -0.358. The average molecular weight is 499 g/mol. The molecule has 0 bridgehead atoms. The molecule has 2 saturated heterocycles. The molecule has 37 heavy (non-hydrogen) atoms. The lowest BCUT2D eigenvalue weighted by Crippen LogP contribution is -2.52. The Morgan fingerprint density at radius 2 is 1.89 bits per heavy atom. The first-order valence-corrected chi connectivity index (χ1v) is 12.6. The molecule has 188 valence electrons. The van der Waals surface area contributed by atoms with Crippen LogP contribution in [0, 0.1) is 0 Å². The number of morpholine rings is 1. The van der Waals surface area contributed by atoms with Crippen molar-refractivity contribution in [2.24, 2.45) is 0 Å². The van der Waals surface area contributed by atoms with Crippen molar-refractivity contribution in [2.45, 2.75) is 38.0 Å². The Morgan fingerprint density at radius 3 is 2.59 bits per heavy atom. The predicted molar refractivity (Wildman–Crippen MR) is 143 cm³/mol. The maximum atomic E-state index is 13.1. The van der Waals surface area contributed by atoms with Crippen molar-refractivity contribution in [3.05, 3.63) is 52.6 Å². The second kappa shape index (κ2) is 10.1. The first-order chi connectivity index (χ1) is 17.7. The van der Waals surface area contributed by atoms with Gasteiger partial charge in [0.25, 0.3) is 5.91 Å². The van der Waals surface area contributed by atoms with E-state index in [2.05, 4.69) is 17.4 Å². The fourth-order valence-electron chi connectivity index (χ4n) is 5.65. The maximum Gasteiger partial charge on any atom is 0.255 e. The van der Waals surface area contributed by atoms with Gasteiger partial charge >= 0.3 is 0 Å². The molecule has 2 aromatic carbocycles. The Bertz CT molecular complexity index is 1280. The highest BCUT2D eigenvalue weighted by atomic mass is 16.5. The van der Waals surface area contributed by atoms with E-state index < -0.39 is 11.9 Å². The molecule has 4 amide bonds. The second-order valence-corrected chi connectivity index (χ2v) is 9.95. The van der Waals surface area contributed by atoms with E-state index in [-0.39, 0.29) is 43.3 Å². The number of nitrogens with one attached hydrogen (secondary N) is 1. The molecule has 2 fully saturated rings. The zero-order valence-electron chi connectivity index (χ0n) is 21.3. The summed E-state index contributed by atoms with van der Waals surface area (Å²) in [4.78, 5) is 52.6. The third-order valence-electron chi connectivity index (χ3n) is 7.36. The number of ether oxygens (including phenoxy) is 2. The van der Waals surface area contributed by atoms with Gasteiger partial charge in [-0.25, -0.2) is 0 Å². The quantitative estimate of drug-likeness (QED) is 0.337. The van der Waals surface area contributed by atoms with Crippen molar-refractivity contribution in [2.75, 3.05) is 19.8 Å². The summed E-state index contributed by atoms with van der Waals surface area (Å²) >= 11 is 0. The molecule has 9 nitrogen and oxygen atoms in total. The lowest BCUT2D eigenvalue weighted by molar-refractivity contribution is -0.143. The minimum atomic E-state index is -0.668. The van der Waals surface area contributed by atoms with Gasteiger partial charge in [-0.05, 0) is 29.7 Å². The fourth-order valence-corrected chi connectivity index (χ4v) is 5.65. The van der Waals surface area contributed by atoms with E-state index in [4.69, 9.17) is 9.47 Å². The van der Waals surface area contributed by atoms with Gasteiger partial charge in [0.05, 0.1) is 19.2 Å². The summed E-state index contributed by atoms with van der Waals surface area (Å²) in [6, 6.07) is 8.61. The summed E-state index contributed by atoms with van der Waals surface area (Å²) in [6.45, 7) is 2.08. The monoisotopic (exact) mass is 499 g/mol. The van der Waals surface area contributed by atoms with Crippen LogP contribution in [-0.2, 0) is 32.2 Å². The van der Waals surface area contributed by atoms with E-state index in [1.54, 1.807) is 12.1 Å². The highest BCUT2D eigenvalue weighted by Crippen LogP contribution is 2.35. The highest BCUT2D eigenvalue weighted by Gasteiger charge is 2.40. The highest BCUT2D eigenvalue weighted by molar-refractivity contribution is 6.41. The number of amides is 4. The number of fused-ring (bicyclic) bond motifs is 1. The van der Waals surface area contributed by atoms with Crippen LogP contribution in [0.15, 0.2) is 30.3 Å². The molecule has 0 saturated carbocycles. The van der Waals surface area contributed by atoms with Gasteiger partial charge in [0.1, 0.15) is 34.1 Å². The minimum Gasteiger partial charge on any atom is -0.495 e. The first kappa shape index (κ1) is 25.1. The molecule has 2 atom stereocenters. The number of rotatable bonds is 6. The van der Waals surface area contributed by atoms with Crippen LogP contribution in [0.4, 0.5) is 0 Å². The van der Waals surface area contributed by atoms with Crippen molar-refractivity contribution in [1.82, 2.24) is 15.1 Å². The normalized spacial score (nSPS) is 20.6. The zero-order chi connectivity index (χ0) is 26.3. The van der Waals surface area contributed by atoms with Crippen LogP contribution in [0.5, 0.6) is 5.75 Å². The Kier molecular flexibility index (Phi) is 6.85. The van der Waals surface area contributed by atoms with Crippen molar-refractivity contribution >= 4 is 58.1 Å². The van der Waals surface area contributed by atoms with Crippen LogP contribution in [0.25, 0.3) is 0 Å². The summed E-state index contributed by atoms with van der Waals surface area (Å²) in [7, 11) is 6.06. The average Bonchev–Trinajstić information content (AvgIpc) is 3.17. The smallest absolute Gasteiger partial charge is 0.255 e. The van der Waals surface area contributed by atoms with Crippen molar-refractivity contribution in [1.29, 1.82) is 0 Å². The standard InChI is InChI=1S/C25H28B3N3O6/c26-16-8-13(10-30-6-7-36-12-21(30)33)9-17(27)22(16)23(28)37-19-3-1-2-14-15(19)11-31(25(14)35)18-4-5-20(32)29-24(18)34/h1-3,8-9,18,23H,4-7,10-12,26-28H2,(H,29,32,34). The van der Waals surface area contributed by atoms with Crippen LogP contribution in [0.1, 0.15) is 45.9 Å². The molecule has 0 radical (unpaired) electrons. The number of carbonyl (C=O) groups is 4. The largest absolute Gasteiger partial charge is 0.495 e. The van der Waals surface area contributed by atoms with Crippen LogP contribution >= 0.6 is 0 Å². The summed E-state index contributed by atoms with van der Waals surface area (Å²) in [5.41, 5.74) is 5.53. The molecule has 0 aliphatic carbocycles. The zero-order valence-corrected chi connectivity index (χ0v) is 21.3. The molecule has 3 heterocycles. The van der Waals surface area contributed by atoms with Crippen LogP contribution in [-0.4, -0.2) is 82.8 Å². The Morgan fingerprint density at radius 1 is 1.14 bits per heavy atom. The predicted octanol–water partition coefficient (Wildman–Crippen LogP) is -2.97. The number of hydrogen-bond acceptors (Lipinski definition) is 6. The van der Waals surface area contributed by atoms with Gasteiger partial charge in [0.15, 0.2) is 7.85 Å². The van der Waals surface area contributed by atoms with Crippen molar-refractivity contribution < 1.29 is 28.7 Å². The number of nitrogens with zero attached hydrogens (tertiary/aromatic N) is 2. The Hall–Kier alpha value is -3.53. The van der Waals surface area contributed by atoms with Gasteiger partial charge in [-0.1, -0.05) is 29.1 Å². The number of benzene rings is 2. The number of imide groups is 1. The third-order valence-corrected chi connectivity index (χ3v) is 7.36. The van der Waals surface area contributed by atoms with Gasteiger partial charge in [0.2, 0.25) is 17.7 Å². The number of hydrogen-bond donors (Lipinski definition) is 1.